The maximum absolute atomic E-state index is 12.4. The van der Waals surface area contributed by atoms with Gasteiger partial charge in [-0.3, -0.25) is 0 Å². The lowest BCUT2D eigenvalue weighted by molar-refractivity contribution is 0.124. The fourth-order valence-corrected chi connectivity index (χ4v) is 4.42. The first-order chi connectivity index (χ1) is 11.5. The van der Waals surface area contributed by atoms with E-state index in [1.807, 2.05) is 0 Å². The van der Waals surface area contributed by atoms with Crippen LogP contribution >= 0.6 is 0 Å². The van der Waals surface area contributed by atoms with Gasteiger partial charge in [0.25, 0.3) is 0 Å². The molecule has 0 radical (unpaired) electrons. The maximum Gasteiger partial charge on any atom is 0.339 e. The van der Waals surface area contributed by atoms with E-state index in [-0.39, 0.29) is 16.4 Å². The van der Waals surface area contributed by atoms with Crippen molar-refractivity contribution in [3.05, 3.63) is 54.1 Å². The number of nitrogens with one attached hydrogen (secondary N) is 1. The molecule has 0 aliphatic carbocycles. The fourth-order valence-electron chi connectivity index (χ4n) is 3.47. The first kappa shape index (κ1) is 15.5. The Kier molecular flexibility index (Phi) is 3.54. The van der Waals surface area contributed by atoms with E-state index in [2.05, 4.69) is 12.2 Å². The van der Waals surface area contributed by atoms with Crippen molar-refractivity contribution in [1.29, 1.82) is 0 Å². The third-order valence-electron chi connectivity index (χ3n) is 4.93. The highest BCUT2D eigenvalue weighted by Crippen LogP contribution is 2.47. The Bertz CT molecular complexity index is 866. The van der Waals surface area contributed by atoms with Crippen molar-refractivity contribution in [2.75, 3.05) is 13.1 Å². The molecule has 0 bridgehead atoms. The Labute approximate surface area is 141 Å². The van der Waals surface area contributed by atoms with Crippen molar-refractivity contribution < 1.29 is 17.3 Å². The molecule has 2 atom stereocenters. The number of hydrogen-bond acceptors (Lipinski definition) is 5. The summed E-state index contributed by atoms with van der Waals surface area (Å²) < 4.78 is 36.2. The van der Waals surface area contributed by atoms with Gasteiger partial charge in [-0.2, -0.15) is 8.42 Å². The lowest BCUT2D eigenvalue weighted by Crippen LogP contribution is -2.49. The first-order valence-electron chi connectivity index (χ1n) is 8.00. The van der Waals surface area contributed by atoms with Gasteiger partial charge in [0.05, 0.1) is 0 Å². The van der Waals surface area contributed by atoms with Crippen LogP contribution in [0.25, 0.3) is 0 Å². The van der Waals surface area contributed by atoms with Gasteiger partial charge < -0.3 is 14.2 Å². The minimum absolute atomic E-state index is 0.0715. The number of piperidine rings is 1. The minimum Gasteiger partial charge on any atom is -0.488 e. The highest BCUT2D eigenvalue weighted by molar-refractivity contribution is 7.87. The van der Waals surface area contributed by atoms with Gasteiger partial charge in [0.2, 0.25) is 0 Å². The van der Waals surface area contributed by atoms with Gasteiger partial charge in [0, 0.05) is 17.5 Å². The molecule has 1 N–H and O–H groups in total. The van der Waals surface area contributed by atoms with E-state index in [4.69, 9.17) is 8.92 Å². The summed E-state index contributed by atoms with van der Waals surface area (Å²) in [7, 11) is -3.83. The molecule has 0 saturated carbocycles. The third-order valence-corrected chi connectivity index (χ3v) is 6.20. The molecule has 6 heteroatoms. The average molecular weight is 345 g/mol. The Balaban J connectivity index is 1.67. The highest BCUT2D eigenvalue weighted by Gasteiger charge is 2.46. The van der Waals surface area contributed by atoms with Gasteiger partial charge in [-0.1, -0.05) is 25.1 Å². The van der Waals surface area contributed by atoms with Gasteiger partial charge in [-0.15, -0.1) is 0 Å². The Morgan fingerprint density at radius 1 is 1.21 bits per heavy atom. The third kappa shape index (κ3) is 2.46. The molecule has 4 rings (SSSR count). The van der Waals surface area contributed by atoms with Crippen LogP contribution in [-0.2, 0) is 15.5 Å². The quantitative estimate of drug-likeness (QED) is 0.866. The Hall–Kier alpha value is -2.05. The molecule has 0 spiro atoms. The topological polar surface area (TPSA) is 64.6 Å². The van der Waals surface area contributed by atoms with Crippen molar-refractivity contribution in [1.82, 2.24) is 5.32 Å². The largest absolute Gasteiger partial charge is 0.488 e. The Morgan fingerprint density at radius 2 is 2.00 bits per heavy atom. The van der Waals surface area contributed by atoms with Crippen molar-refractivity contribution in [2.24, 2.45) is 0 Å². The molecule has 0 aromatic heterocycles. The van der Waals surface area contributed by atoms with E-state index in [0.29, 0.717) is 5.75 Å². The molecule has 0 amide bonds. The second kappa shape index (κ2) is 5.50. The number of hydrogen-bond donors (Lipinski definition) is 1. The predicted molar refractivity (Wildman–Crippen MR) is 90.0 cm³/mol. The van der Waals surface area contributed by atoms with Crippen LogP contribution in [0.2, 0.25) is 0 Å². The van der Waals surface area contributed by atoms with Crippen molar-refractivity contribution in [3.8, 4) is 11.5 Å². The van der Waals surface area contributed by atoms with Crippen LogP contribution in [0.4, 0.5) is 0 Å². The van der Waals surface area contributed by atoms with Crippen LogP contribution in [0.5, 0.6) is 11.5 Å². The molecule has 2 unspecified atom stereocenters. The summed E-state index contributed by atoms with van der Waals surface area (Å²) >= 11 is 0. The lowest BCUT2D eigenvalue weighted by atomic mass is 9.74. The Morgan fingerprint density at radius 3 is 2.79 bits per heavy atom. The molecule has 126 valence electrons. The SMILES string of the molecule is CC12CCNCC1Oc1ccc(OS(=O)(=O)c3ccccc3)cc12. The molecular weight excluding hydrogens is 326 g/mol. The first-order valence-corrected chi connectivity index (χ1v) is 9.41. The minimum atomic E-state index is -3.83. The molecule has 5 nitrogen and oxygen atoms in total. The van der Waals surface area contributed by atoms with Crippen molar-refractivity contribution in [3.63, 3.8) is 0 Å². The average Bonchev–Trinajstić information content (AvgIpc) is 2.88. The molecule has 1 saturated heterocycles. The van der Waals surface area contributed by atoms with Gasteiger partial charge >= 0.3 is 10.1 Å². The van der Waals surface area contributed by atoms with Crippen molar-refractivity contribution in [2.45, 2.75) is 29.8 Å². The monoisotopic (exact) mass is 345 g/mol. The van der Waals surface area contributed by atoms with E-state index in [1.54, 1.807) is 36.4 Å². The summed E-state index contributed by atoms with van der Waals surface area (Å²) in [5.41, 5.74) is 0.908. The summed E-state index contributed by atoms with van der Waals surface area (Å²) in [4.78, 5) is 0.146. The molecule has 2 aromatic rings. The zero-order valence-electron chi connectivity index (χ0n) is 13.4. The van der Waals surface area contributed by atoms with E-state index in [1.165, 1.54) is 12.1 Å². The van der Waals surface area contributed by atoms with Crippen molar-refractivity contribution >= 4 is 10.1 Å². The number of benzene rings is 2. The van der Waals surface area contributed by atoms with Gasteiger partial charge in [-0.05, 0) is 43.3 Å². The second-order valence-corrected chi connectivity index (χ2v) is 8.03. The second-order valence-electron chi connectivity index (χ2n) is 6.49. The summed E-state index contributed by atoms with van der Waals surface area (Å²) in [6, 6.07) is 13.4. The molecule has 2 aliphatic heterocycles. The predicted octanol–water partition coefficient (Wildman–Crippen LogP) is 2.47. The van der Waals surface area contributed by atoms with E-state index >= 15 is 0 Å². The molecule has 1 fully saturated rings. The maximum atomic E-state index is 12.4. The molecular formula is C18H19NO4S. The van der Waals surface area contributed by atoms with Gasteiger partial charge in [-0.25, -0.2) is 0 Å². The van der Waals surface area contributed by atoms with Gasteiger partial charge in [0.1, 0.15) is 22.5 Å². The van der Waals surface area contributed by atoms with Crippen LogP contribution in [0.3, 0.4) is 0 Å². The van der Waals surface area contributed by atoms with Crippen LogP contribution < -0.4 is 14.2 Å². The van der Waals surface area contributed by atoms with E-state index < -0.39 is 10.1 Å². The molecule has 2 heterocycles. The summed E-state index contributed by atoms with van der Waals surface area (Å²) in [6.45, 7) is 3.88. The van der Waals surface area contributed by atoms with E-state index in [9.17, 15) is 8.42 Å². The normalized spacial score (nSPS) is 25.5. The van der Waals surface area contributed by atoms with Crippen LogP contribution in [-0.4, -0.2) is 27.6 Å². The van der Waals surface area contributed by atoms with Crippen LogP contribution in [0, 0.1) is 0 Å². The molecule has 24 heavy (non-hydrogen) atoms. The number of fused-ring (bicyclic) bond motifs is 3. The lowest BCUT2D eigenvalue weighted by Gasteiger charge is -2.35. The summed E-state index contributed by atoms with van der Waals surface area (Å²) in [5.74, 6) is 1.14. The van der Waals surface area contributed by atoms with Gasteiger partial charge in [0.15, 0.2) is 0 Å². The molecule has 2 aliphatic rings. The zero-order chi connectivity index (χ0) is 16.8. The zero-order valence-corrected chi connectivity index (χ0v) is 14.2. The number of ether oxygens (including phenoxy) is 1. The fraction of sp³-hybridized carbons (Fsp3) is 0.333. The summed E-state index contributed by atoms with van der Waals surface area (Å²) in [5, 5.41) is 3.34. The highest BCUT2D eigenvalue weighted by atomic mass is 32.2. The standard InChI is InChI=1S/C18H19NO4S/c1-18-9-10-19-12-17(18)22-16-8-7-13(11-15(16)18)23-24(20,21)14-5-3-2-4-6-14/h2-8,11,17,19H,9-10,12H2,1H3. The molecule has 2 aromatic carbocycles. The van der Waals surface area contributed by atoms with E-state index in [0.717, 1.165) is 30.8 Å². The van der Waals surface area contributed by atoms with Crippen LogP contribution in [0.1, 0.15) is 18.9 Å². The van der Waals surface area contributed by atoms with Crippen LogP contribution in [0.15, 0.2) is 53.4 Å². The smallest absolute Gasteiger partial charge is 0.339 e. The number of rotatable bonds is 3. The summed E-state index contributed by atoms with van der Waals surface area (Å²) in [6.07, 6.45) is 1.02.